The molecule has 0 saturated carbocycles. The van der Waals surface area contributed by atoms with Crippen LogP contribution in [-0.2, 0) is 28.7 Å². The van der Waals surface area contributed by atoms with Crippen LogP contribution in [0.5, 0.6) is 0 Å². The van der Waals surface area contributed by atoms with Gasteiger partial charge in [0.25, 0.3) is 5.91 Å². The molecule has 3 aliphatic heterocycles. The average molecular weight is 650 g/mol. The predicted octanol–water partition coefficient (Wildman–Crippen LogP) is 3.98. The Morgan fingerprint density at radius 2 is 1.89 bits per heavy atom. The molecule has 2 aromatic carbocycles. The number of anilines is 1. The molecule has 244 valence electrons. The van der Waals surface area contributed by atoms with Crippen molar-refractivity contribution < 1.29 is 33.8 Å². The molecular formula is C35H40ClN3O7. The number of aliphatic hydroxyl groups excluding tert-OH is 1. The van der Waals surface area contributed by atoms with E-state index in [2.05, 4.69) is 18.5 Å². The van der Waals surface area contributed by atoms with Crippen molar-refractivity contribution >= 4 is 41.0 Å². The SMILES string of the molecule is C=CCCC(=O)OC[C@@H](NC(=O)[C@@H]1[C@@H]2CC[C@]3(O2)[C@H](C(=O)N(CC=C)c2ccccc2Cl)N(CCCO)C(=O)[C@@H]13)c1ccccc1. The number of hydrogen-bond acceptors (Lipinski definition) is 7. The molecule has 6 atom stereocenters. The number of hydrogen-bond donors (Lipinski definition) is 2. The minimum atomic E-state index is -1.24. The molecule has 46 heavy (non-hydrogen) atoms. The summed E-state index contributed by atoms with van der Waals surface area (Å²) < 4.78 is 12.1. The van der Waals surface area contributed by atoms with Gasteiger partial charge in [-0.1, -0.05) is 66.2 Å². The number of amides is 3. The molecule has 11 heteroatoms. The first-order valence-electron chi connectivity index (χ1n) is 15.6. The van der Waals surface area contributed by atoms with Crippen LogP contribution in [0.1, 0.15) is 43.7 Å². The zero-order valence-electron chi connectivity index (χ0n) is 25.7. The third kappa shape index (κ3) is 6.34. The van der Waals surface area contributed by atoms with Crippen LogP contribution in [0, 0.1) is 11.8 Å². The summed E-state index contributed by atoms with van der Waals surface area (Å²) in [5.74, 6) is -3.36. The summed E-state index contributed by atoms with van der Waals surface area (Å²) in [5.41, 5.74) is -0.0314. The van der Waals surface area contributed by atoms with Gasteiger partial charge in [0.1, 0.15) is 18.2 Å². The molecule has 1 spiro atoms. The van der Waals surface area contributed by atoms with Gasteiger partial charge in [0.15, 0.2) is 0 Å². The smallest absolute Gasteiger partial charge is 0.306 e. The van der Waals surface area contributed by atoms with Gasteiger partial charge < -0.3 is 29.7 Å². The summed E-state index contributed by atoms with van der Waals surface area (Å²) in [6.45, 7) is 7.43. The lowest BCUT2D eigenvalue weighted by molar-refractivity contribution is -0.146. The van der Waals surface area contributed by atoms with E-state index in [0.717, 1.165) is 5.56 Å². The Labute approximate surface area is 274 Å². The first-order chi connectivity index (χ1) is 22.3. The molecule has 5 rings (SSSR count). The Balaban J connectivity index is 1.45. The normalized spacial score (nSPS) is 25.1. The highest BCUT2D eigenvalue weighted by molar-refractivity contribution is 6.34. The predicted molar refractivity (Wildman–Crippen MR) is 173 cm³/mol. The van der Waals surface area contributed by atoms with Crippen molar-refractivity contribution in [3.63, 3.8) is 0 Å². The van der Waals surface area contributed by atoms with E-state index >= 15 is 0 Å². The van der Waals surface area contributed by atoms with Crippen LogP contribution in [0.15, 0.2) is 79.9 Å². The number of para-hydroxylation sites is 1. The molecule has 10 nitrogen and oxygen atoms in total. The molecule has 3 heterocycles. The van der Waals surface area contributed by atoms with E-state index in [1.807, 2.05) is 30.3 Å². The number of benzene rings is 2. The van der Waals surface area contributed by atoms with Crippen molar-refractivity contribution in [2.75, 3.05) is 31.2 Å². The lowest BCUT2D eigenvalue weighted by atomic mass is 9.70. The van der Waals surface area contributed by atoms with Crippen LogP contribution in [0.3, 0.4) is 0 Å². The molecule has 3 fully saturated rings. The van der Waals surface area contributed by atoms with E-state index in [9.17, 15) is 24.3 Å². The molecular weight excluding hydrogens is 610 g/mol. The molecule has 0 unspecified atom stereocenters. The summed E-state index contributed by atoms with van der Waals surface area (Å²) >= 11 is 6.51. The summed E-state index contributed by atoms with van der Waals surface area (Å²) in [6, 6.07) is 14.4. The van der Waals surface area contributed by atoms with Crippen molar-refractivity contribution in [2.45, 2.75) is 55.9 Å². The van der Waals surface area contributed by atoms with Gasteiger partial charge in [-0.15, -0.1) is 13.2 Å². The van der Waals surface area contributed by atoms with Crippen LogP contribution in [0.25, 0.3) is 0 Å². The number of fused-ring (bicyclic) bond motifs is 1. The summed E-state index contributed by atoms with van der Waals surface area (Å²) in [7, 11) is 0. The zero-order valence-corrected chi connectivity index (χ0v) is 26.4. The Morgan fingerprint density at radius 3 is 2.59 bits per heavy atom. The van der Waals surface area contributed by atoms with Crippen LogP contribution in [0.2, 0.25) is 5.02 Å². The fraction of sp³-hybridized carbons (Fsp3) is 0.429. The number of aliphatic hydroxyl groups is 1. The van der Waals surface area contributed by atoms with Crippen molar-refractivity contribution in [1.29, 1.82) is 0 Å². The van der Waals surface area contributed by atoms with Crippen LogP contribution in [0.4, 0.5) is 5.69 Å². The number of carbonyl (C=O) groups is 4. The minimum absolute atomic E-state index is 0.0915. The third-order valence-corrected chi connectivity index (χ3v) is 9.42. The molecule has 3 saturated heterocycles. The highest BCUT2D eigenvalue weighted by Gasteiger charge is 2.74. The van der Waals surface area contributed by atoms with Crippen LogP contribution < -0.4 is 10.2 Å². The molecule has 2 bridgehead atoms. The van der Waals surface area contributed by atoms with E-state index in [1.54, 1.807) is 36.4 Å². The topological polar surface area (TPSA) is 125 Å². The first-order valence-corrected chi connectivity index (χ1v) is 16.0. The standard InChI is InChI=1S/C35H40ClN3O7/c1-3-5-16-28(41)45-22-25(23-12-7-6-8-13-23)37-32(42)29-27-17-18-35(46-27)30(29)33(43)39(20-11-21-40)31(35)34(44)38(19-4-2)26-15-10-9-14-24(26)36/h3-4,6-10,12-15,25,27,29-31,40H,1-2,5,11,16-22H2,(H,37,42)/t25-,27+,29-,30-,31+,35-/m1/s1. The number of likely N-dealkylation sites (tertiary alicyclic amines) is 1. The monoisotopic (exact) mass is 649 g/mol. The second-order valence-electron chi connectivity index (χ2n) is 11.8. The van der Waals surface area contributed by atoms with Crippen LogP contribution >= 0.6 is 11.6 Å². The fourth-order valence-electron chi connectivity index (χ4n) is 7.11. The van der Waals surface area contributed by atoms with Gasteiger partial charge in [0.05, 0.1) is 34.7 Å². The summed E-state index contributed by atoms with van der Waals surface area (Å²) in [4.78, 5) is 58.2. The Kier molecular flexibility index (Phi) is 10.6. The highest BCUT2D eigenvalue weighted by atomic mass is 35.5. The molecule has 2 N–H and O–H groups in total. The number of rotatable bonds is 15. The average Bonchev–Trinajstić information content (AvgIpc) is 3.71. The van der Waals surface area contributed by atoms with E-state index in [0.29, 0.717) is 30.0 Å². The van der Waals surface area contributed by atoms with E-state index < -0.39 is 53.4 Å². The van der Waals surface area contributed by atoms with E-state index in [4.69, 9.17) is 21.1 Å². The van der Waals surface area contributed by atoms with Crippen molar-refractivity contribution in [1.82, 2.24) is 10.2 Å². The Morgan fingerprint density at radius 1 is 1.15 bits per heavy atom. The number of carbonyl (C=O) groups excluding carboxylic acids is 4. The first kappa shape index (κ1) is 33.4. The number of halogens is 1. The maximum Gasteiger partial charge on any atom is 0.306 e. The number of nitrogens with one attached hydrogen (secondary N) is 1. The highest BCUT2D eigenvalue weighted by Crippen LogP contribution is 2.58. The summed E-state index contributed by atoms with van der Waals surface area (Å²) in [6.07, 6.45) is 4.44. The number of nitrogens with zero attached hydrogens (tertiary/aromatic N) is 2. The van der Waals surface area contributed by atoms with E-state index in [1.165, 1.54) is 9.80 Å². The van der Waals surface area contributed by atoms with Gasteiger partial charge in [-0.3, -0.25) is 19.2 Å². The lowest BCUT2D eigenvalue weighted by Gasteiger charge is -2.37. The molecule has 3 aliphatic rings. The second kappa shape index (κ2) is 14.6. The third-order valence-electron chi connectivity index (χ3n) is 9.10. The van der Waals surface area contributed by atoms with E-state index in [-0.39, 0.29) is 45.1 Å². The Hall–Kier alpha value is -3.99. The fourth-order valence-corrected chi connectivity index (χ4v) is 7.35. The molecule has 0 aliphatic carbocycles. The van der Waals surface area contributed by atoms with Gasteiger partial charge in [0.2, 0.25) is 11.8 Å². The maximum absolute atomic E-state index is 14.5. The maximum atomic E-state index is 14.5. The zero-order chi connectivity index (χ0) is 32.8. The minimum Gasteiger partial charge on any atom is -0.463 e. The molecule has 2 aromatic rings. The number of esters is 1. The molecule has 0 radical (unpaired) electrons. The summed E-state index contributed by atoms with van der Waals surface area (Å²) in [5, 5.41) is 13.1. The van der Waals surface area contributed by atoms with Crippen molar-refractivity contribution in [2.24, 2.45) is 11.8 Å². The molecule has 3 amide bonds. The Bertz CT molecular complexity index is 1470. The molecule has 0 aromatic heterocycles. The van der Waals surface area contributed by atoms with Crippen molar-refractivity contribution in [3.8, 4) is 0 Å². The van der Waals surface area contributed by atoms with Gasteiger partial charge in [0, 0.05) is 26.1 Å². The lowest BCUT2D eigenvalue weighted by Crippen LogP contribution is -2.56. The quantitative estimate of drug-likeness (QED) is 0.221. The van der Waals surface area contributed by atoms with Gasteiger partial charge in [-0.2, -0.15) is 0 Å². The van der Waals surface area contributed by atoms with Gasteiger partial charge >= 0.3 is 5.97 Å². The number of allylic oxidation sites excluding steroid dienone is 1. The second-order valence-corrected chi connectivity index (χ2v) is 12.2. The largest absolute Gasteiger partial charge is 0.463 e. The number of ether oxygens (including phenoxy) is 2. The van der Waals surface area contributed by atoms with Gasteiger partial charge in [-0.05, 0) is 43.4 Å². The van der Waals surface area contributed by atoms with Gasteiger partial charge in [-0.25, -0.2) is 0 Å². The van der Waals surface area contributed by atoms with Crippen molar-refractivity contribution in [3.05, 3.63) is 90.5 Å². The van der Waals surface area contributed by atoms with Crippen LogP contribution in [-0.4, -0.2) is 77.7 Å².